The summed E-state index contributed by atoms with van der Waals surface area (Å²) in [6, 6.07) is 12.5. The molecule has 0 radical (unpaired) electrons. The van der Waals surface area contributed by atoms with Gasteiger partial charge in [-0.25, -0.2) is 17.9 Å². The van der Waals surface area contributed by atoms with Crippen molar-refractivity contribution in [3.63, 3.8) is 0 Å². The van der Waals surface area contributed by atoms with Gasteiger partial charge in [-0.05, 0) is 68.0 Å². The summed E-state index contributed by atoms with van der Waals surface area (Å²) in [4.78, 5) is 14.5. The first-order chi connectivity index (χ1) is 17.5. The second kappa shape index (κ2) is 11.7. The van der Waals surface area contributed by atoms with Crippen molar-refractivity contribution in [1.82, 2.24) is 9.62 Å². The summed E-state index contributed by atoms with van der Waals surface area (Å²) < 4.78 is 45.2. The van der Waals surface area contributed by atoms with E-state index >= 15 is 0 Å². The molecule has 2 aliphatic rings. The maximum atomic E-state index is 13.2. The van der Waals surface area contributed by atoms with Gasteiger partial charge >= 0.3 is 6.09 Å². The molecule has 0 unspecified atom stereocenters. The number of amides is 1. The fourth-order valence-corrected chi connectivity index (χ4v) is 5.62. The molecule has 0 aliphatic carbocycles. The van der Waals surface area contributed by atoms with Crippen molar-refractivity contribution in [2.75, 3.05) is 13.2 Å². The molecule has 202 valence electrons. The zero-order chi connectivity index (χ0) is 26.6. The van der Waals surface area contributed by atoms with Gasteiger partial charge in [0, 0.05) is 24.0 Å². The largest absolute Gasteiger partial charge is 0.445 e. The molecule has 0 bridgehead atoms. The molecule has 1 atom stereocenters. The Kier molecular flexibility index (Phi) is 8.81. The first-order valence-electron chi connectivity index (χ1n) is 12.6. The average molecular weight is 551 g/mol. The Morgan fingerprint density at radius 2 is 1.86 bits per heavy atom. The Morgan fingerprint density at radius 3 is 2.54 bits per heavy atom. The molecule has 2 aliphatic heterocycles. The van der Waals surface area contributed by atoms with Gasteiger partial charge in [-0.15, -0.1) is 0 Å². The van der Waals surface area contributed by atoms with E-state index in [0.717, 1.165) is 28.7 Å². The second-order valence-corrected chi connectivity index (χ2v) is 13.3. The number of rotatable bonds is 8. The van der Waals surface area contributed by atoms with E-state index in [1.54, 1.807) is 31.7 Å². The van der Waals surface area contributed by atoms with E-state index < -0.39 is 26.9 Å². The molecule has 1 amide bonds. The Hall–Kier alpha value is -2.17. The van der Waals surface area contributed by atoms with E-state index in [1.165, 1.54) is 0 Å². The van der Waals surface area contributed by atoms with Crippen molar-refractivity contribution in [1.29, 1.82) is 0 Å². The molecule has 1 saturated heterocycles. The van der Waals surface area contributed by atoms with E-state index in [2.05, 4.69) is 4.72 Å². The van der Waals surface area contributed by atoms with Crippen LogP contribution in [0, 0.1) is 0 Å². The molecule has 37 heavy (non-hydrogen) atoms. The van der Waals surface area contributed by atoms with Crippen LogP contribution in [0.3, 0.4) is 0 Å². The monoisotopic (exact) mass is 550 g/mol. The fraction of sp³-hybridized carbons (Fsp3) is 0.519. The predicted molar refractivity (Wildman–Crippen MR) is 141 cm³/mol. The van der Waals surface area contributed by atoms with Crippen LogP contribution in [0.5, 0.6) is 0 Å². The standard InChI is InChI=1S/C27H35ClN2O6S/c1-27(2,3)37(32,33)29-24(10-11-25-34-12-7-13-35-25)22-15-21(28)14-20-16-30(17-23(20)22)26(31)36-18-19-8-5-4-6-9-19/h4-6,8-9,14-15,24-25,29H,7,10-13,16-18H2,1-3H3/t24-/m0/s1. The molecule has 0 spiro atoms. The van der Waals surface area contributed by atoms with E-state index in [0.29, 0.717) is 44.2 Å². The number of hydrogen-bond acceptors (Lipinski definition) is 6. The molecular formula is C27H35ClN2O6S. The van der Waals surface area contributed by atoms with Crippen molar-refractivity contribution in [2.45, 2.75) is 76.8 Å². The van der Waals surface area contributed by atoms with Gasteiger partial charge in [0.15, 0.2) is 6.29 Å². The highest BCUT2D eigenvalue weighted by Gasteiger charge is 2.35. The Bertz CT molecular complexity index is 1190. The fourth-order valence-electron chi connectivity index (χ4n) is 4.40. The Balaban J connectivity index is 1.55. The third-order valence-electron chi connectivity index (χ3n) is 6.58. The van der Waals surface area contributed by atoms with Gasteiger partial charge in [-0.3, -0.25) is 4.90 Å². The summed E-state index contributed by atoms with van der Waals surface area (Å²) in [6.45, 7) is 7.04. The van der Waals surface area contributed by atoms with Crippen LogP contribution in [0.4, 0.5) is 4.79 Å². The summed E-state index contributed by atoms with van der Waals surface area (Å²) in [5, 5.41) is 0.485. The maximum absolute atomic E-state index is 13.2. The number of ether oxygens (including phenoxy) is 3. The number of sulfonamides is 1. The Morgan fingerprint density at radius 1 is 1.16 bits per heavy atom. The normalized spacial score (nSPS) is 17.5. The molecule has 2 aromatic rings. The van der Waals surface area contributed by atoms with Gasteiger partial charge in [-0.1, -0.05) is 41.9 Å². The van der Waals surface area contributed by atoms with E-state index in [-0.39, 0.29) is 12.9 Å². The number of hydrogen-bond donors (Lipinski definition) is 1. The zero-order valence-corrected chi connectivity index (χ0v) is 23.1. The lowest BCUT2D eigenvalue weighted by molar-refractivity contribution is -0.182. The van der Waals surface area contributed by atoms with Crippen LogP contribution < -0.4 is 4.72 Å². The number of carbonyl (C=O) groups excluding carboxylic acids is 1. The minimum atomic E-state index is -3.68. The minimum absolute atomic E-state index is 0.176. The first kappa shape index (κ1) is 27.9. The number of carbonyl (C=O) groups is 1. The van der Waals surface area contributed by atoms with Gasteiger partial charge in [0.2, 0.25) is 10.0 Å². The molecule has 1 N–H and O–H groups in total. The second-order valence-electron chi connectivity index (χ2n) is 10.4. The lowest BCUT2D eigenvalue weighted by Gasteiger charge is -2.29. The summed E-state index contributed by atoms with van der Waals surface area (Å²) in [6.07, 6.45) is 0.992. The molecule has 0 aromatic heterocycles. The van der Waals surface area contributed by atoms with E-state index in [4.69, 9.17) is 25.8 Å². The van der Waals surface area contributed by atoms with Gasteiger partial charge in [0.05, 0.1) is 24.5 Å². The smallest absolute Gasteiger partial charge is 0.410 e. The van der Waals surface area contributed by atoms with Gasteiger partial charge < -0.3 is 14.2 Å². The maximum Gasteiger partial charge on any atom is 0.410 e. The van der Waals surface area contributed by atoms with Crippen molar-refractivity contribution in [3.8, 4) is 0 Å². The number of benzene rings is 2. The SMILES string of the molecule is CC(C)(C)S(=O)(=O)N[C@@H](CCC1OCCCO1)c1cc(Cl)cc2c1CN(C(=O)OCc1ccccc1)C2. The number of nitrogens with one attached hydrogen (secondary N) is 1. The van der Waals surface area contributed by atoms with Crippen LogP contribution in [0.15, 0.2) is 42.5 Å². The van der Waals surface area contributed by atoms with Crippen LogP contribution in [-0.2, 0) is 43.9 Å². The topological polar surface area (TPSA) is 94.2 Å². The van der Waals surface area contributed by atoms with E-state index in [9.17, 15) is 13.2 Å². The summed E-state index contributed by atoms with van der Waals surface area (Å²) in [5.74, 6) is 0. The molecule has 2 heterocycles. The van der Waals surface area contributed by atoms with E-state index in [1.807, 2.05) is 36.4 Å². The average Bonchev–Trinajstić information content (AvgIpc) is 3.29. The lowest BCUT2D eigenvalue weighted by atomic mass is 9.95. The highest BCUT2D eigenvalue weighted by atomic mass is 35.5. The number of fused-ring (bicyclic) bond motifs is 1. The first-order valence-corrected chi connectivity index (χ1v) is 14.4. The van der Waals surface area contributed by atoms with Gasteiger partial charge in [-0.2, -0.15) is 0 Å². The predicted octanol–water partition coefficient (Wildman–Crippen LogP) is 5.29. The summed E-state index contributed by atoms with van der Waals surface area (Å²) in [5.41, 5.74) is 3.42. The number of nitrogens with zero attached hydrogens (tertiary/aromatic N) is 1. The molecule has 1 fully saturated rings. The molecular weight excluding hydrogens is 516 g/mol. The third-order valence-corrected chi connectivity index (χ3v) is 9.01. The molecule has 8 nitrogen and oxygen atoms in total. The Labute approximate surface area is 224 Å². The van der Waals surface area contributed by atoms with Crippen LogP contribution in [0.2, 0.25) is 5.02 Å². The van der Waals surface area contributed by atoms with Gasteiger partial charge in [0.1, 0.15) is 6.61 Å². The molecule has 2 aromatic carbocycles. The van der Waals surface area contributed by atoms with Crippen LogP contribution in [0.25, 0.3) is 0 Å². The van der Waals surface area contributed by atoms with Crippen molar-refractivity contribution < 1.29 is 27.4 Å². The van der Waals surface area contributed by atoms with Crippen molar-refractivity contribution in [2.24, 2.45) is 0 Å². The minimum Gasteiger partial charge on any atom is -0.445 e. The highest BCUT2D eigenvalue weighted by molar-refractivity contribution is 7.90. The van der Waals surface area contributed by atoms with Crippen molar-refractivity contribution >= 4 is 27.7 Å². The zero-order valence-electron chi connectivity index (χ0n) is 21.5. The van der Waals surface area contributed by atoms with Crippen LogP contribution in [0.1, 0.15) is 68.3 Å². The lowest BCUT2D eigenvalue weighted by Crippen LogP contribution is -2.42. The summed E-state index contributed by atoms with van der Waals surface area (Å²) >= 11 is 6.49. The molecule has 0 saturated carbocycles. The van der Waals surface area contributed by atoms with Gasteiger partial charge in [0.25, 0.3) is 0 Å². The highest BCUT2D eigenvalue weighted by Crippen LogP contribution is 2.36. The third kappa shape index (κ3) is 7.03. The van der Waals surface area contributed by atoms with Crippen LogP contribution >= 0.6 is 11.6 Å². The molecule has 10 heteroatoms. The number of halogens is 1. The van der Waals surface area contributed by atoms with Crippen LogP contribution in [-0.4, -0.2) is 43.7 Å². The van der Waals surface area contributed by atoms with Crippen molar-refractivity contribution in [3.05, 3.63) is 69.7 Å². The summed E-state index contributed by atoms with van der Waals surface area (Å²) in [7, 11) is -3.68. The quantitative estimate of drug-likeness (QED) is 0.479. The molecule has 4 rings (SSSR count).